The SMILES string of the molecule is Br.CCN(CC)CCC(C)O. The number of hydrogen-bond acceptors (Lipinski definition) is 2. The molecule has 0 amide bonds. The van der Waals surface area contributed by atoms with Crippen molar-refractivity contribution >= 4 is 17.0 Å². The fourth-order valence-electron chi connectivity index (χ4n) is 0.909. The first-order valence-corrected chi connectivity index (χ1v) is 4.11. The van der Waals surface area contributed by atoms with Gasteiger partial charge in [0.1, 0.15) is 0 Å². The van der Waals surface area contributed by atoms with Crippen molar-refractivity contribution in [2.75, 3.05) is 19.6 Å². The van der Waals surface area contributed by atoms with E-state index in [0.29, 0.717) is 0 Å². The third kappa shape index (κ3) is 8.30. The van der Waals surface area contributed by atoms with Gasteiger partial charge in [0.2, 0.25) is 0 Å². The highest BCUT2D eigenvalue weighted by molar-refractivity contribution is 8.93. The number of nitrogens with zero attached hydrogens (tertiary/aromatic N) is 1. The maximum Gasteiger partial charge on any atom is 0.0524 e. The Kier molecular flexibility index (Phi) is 10.8. The summed E-state index contributed by atoms with van der Waals surface area (Å²) in [6, 6.07) is 0. The van der Waals surface area contributed by atoms with Crippen LogP contribution >= 0.6 is 17.0 Å². The third-order valence-electron chi connectivity index (χ3n) is 1.76. The van der Waals surface area contributed by atoms with Crippen molar-refractivity contribution < 1.29 is 5.11 Å². The van der Waals surface area contributed by atoms with Crippen LogP contribution in [0.5, 0.6) is 0 Å². The van der Waals surface area contributed by atoms with E-state index in [9.17, 15) is 0 Å². The quantitative estimate of drug-likeness (QED) is 0.770. The molecule has 0 saturated heterocycles. The molecule has 0 aromatic rings. The topological polar surface area (TPSA) is 23.5 Å². The van der Waals surface area contributed by atoms with Crippen LogP contribution in [0.3, 0.4) is 0 Å². The molecule has 0 rings (SSSR count). The molecule has 0 aromatic heterocycles. The van der Waals surface area contributed by atoms with Crippen molar-refractivity contribution in [1.29, 1.82) is 0 Å². The lowest BCUT2D eigenvalue weighted by Crippen LogP contribution is -2.26. The van der Waals surface area contributed by atoms with Crippen LogP contribution in [0.2, 0.25) is 0 Å². The summed E-state index contributed by atoms with van der Waals surface area (Å²) in [6.45, 7) is 9.32. The van der Waals surface area contributed by atoms with Gasteiger partial charge in [-0.15, -0.1) is 17.0 Å². The molecule has 0 fully saturated rings. The Hall–Kier alpha value is 0.400. The highest BCUT2D eigenvalue weighted by atomic mass is 79.9. The Morgan fingerprint density at radius 3 is 2.00 bits per heavy atom. The first-order chi connectivity index (χ1) is 4.70. The van der Waals surface area contributed by atoms with Crippen LogP contribution < -0.4 is 0 Å². The van der Waals surface area contributed by atoms with Gasteiger partial charge in [0.15, 0.2) is 0 Å². The standard InChI is InChI=1S/C8H19NO.BrH/c1-4-9(5-2)7-6-8(3)10;/h8,10H,4-7H2,1-3H3;1H. The lowest BCUT2D eigenvalue weighted by molar-refractivity contribution is 0.160. The van der Waals surface area contributed by atoms with Crippen LogP contribution in [0.15, 0.2) is 0 Å². The molecule has 11 heavy (non-hydrogen) atoms. The lowest BCUT2D eigenvalue weighted by Gasteiger charge is -2.18. The van der Waals surface area contributed by atoms with Crippen molar-refractivity contribution in [2.24, 2.45) is 0 Å². The van der Waals surface area contributed by atoms with E-state index in [4.69, 9.17) is 5.11 Å². The van der Waals surface area contributed by atoms with E-state index in [1.165, 1.54) is 0 Å². The monoisotopic (exact) mass is 225 g/mol. The minimum Gasteiger partial charge on any atom is -0.393 e. The molecule has 0 radical (unpaired) electrons. The van der Waals surface area contributed by atoms with Crippen LogP contribution in [0, 0.1) is 0 Å². The van der Waals surface area contributed by atoms with Crippen LogP contribution in [0.4, 0.5) is 0 Å². The highest BCUT2D eigenvalue weighted by Gasteiger charge is 2.00. The Labute approximate surface area is 80.4 Å². The molecule has 1 atom stereocenters. The predicted octanol–water partition coefficient (Wildman–Crippen LogP) is 1.68. The zero-order valence-electron chi connectivity index (χ0n) is 7.71. The zero-order valence-corrected chi connectivity index (χ0v) is 9.42. The Morgan fingerprint density at radius 1 is 1.27 bits per heavy atom. The molecule has 0 aliphatic heterocycles. The molecule has 0 heterocycles. The molecule has 3 heteroatoms. The normalized spacial score (nSPS) is 12.8. The van der Waals surface area contributed by atoms with E-state index in [1.807, 2.05) is 6.92 Å². The predicted molar refractivity (Wildman–Crippen MR) is 54.4 cm³/mol. The van der Waals surface area contributed by atoms with Gasteiger partial charge in [-0.1, -0.05) is 13.8 Å². The molecular weight excluding hydrogens is 206 g/mol. The van der Waals surface area contributed by atoms with Crippen molar-refractivity contribution in [3.63, 3.8) is 0 Å². The van der Waals surface area contributed by atoms with E-state index in [-0.39, 0.29) is 23.1 Å². The van der Waals surface area contributed by atoms with E-state index < -0.39 is 0 Å². The minimum absolute atomic E-state index is 0. The highest BCUT2D eigenvalue weighted by Crippen LogP contribution is 1.94. The summed E-state index contributed by atoms with van der Waals surface area (Å²) in [5.74, 6) is 0. The van der Waals surface area contributed by atoms with Crippen LogP contribution in [0.1, 0.15) is 27.2 Å². The van der Waals surface area contributed by atoms with Crippen molar-refractivity contribution in [1.82, 2.24) is 4.90 Å². The molecular formula is C8H20BrNO. The number of halogens is 1. The summed E-state index contributed by atoms with van der Waals surface area (Å²) >= 11 is 0. The second-order valence-corrected chi connectivity index (χ2v) is 2.66. The minimum atomic E-state index is -0.152. The van der Waals surface area contributed by atoms with E-state index in [0.717, 1.165) is 26.1 Å². The molecule has 0 aromatic carbocycles. The summed E-state index contributed by atoms with van der Waals surface area (Å²) in [6.07, 6.45) is 0.738. The van der Waals surface area contributed by atoms with Gasteiger partial charge in [-0.25, -0.2) is 0 Å². The smallest absolute Gasteiger partial charge is 0.0524 e. The molecule has 0 aliphatic rings. The van der Waals surface area contributed by atoms with Crippen molar-refractivity contribution in [2.45, 2.75) is 33.3 Å². The van der Waals surface area contributed by atoms with Crippen molar-refractivity contribution in [3.8, 4) is 0 Å². The third-order valence-corrected chi connectivity index (χ3v) is 1.76. The van der Waals surface area contributed by atoms with Gasteiger partial charge in [0, 0.05) is 6.54 Å². The maximum absolute atomic E-state index is 8.97. The van der Waals surface area contributed by atoms with E-state index in [2.05, 4.69) is 18.7 Å². The number of hydrogen-bond donors (Lipinski definition) is 1. The molecule has 1 unspecified atom stereocenters. The molecule has 0 aliphatic carbocycles. The number of rotatable bonds is 5. The van der Waals surface area contributed by atoms with Crippen LogP contribution in [-0.2, 0) is 0 Å². The van der Waals surface area contributed by atoms with Gasteiger partial charge < -0.3 is 10.0 Å². The second kappa shape index (κ2) is 8.50. The number of aliphatic hydroxyl groups is 1. The molecule has 0 bridgehead atoms. The van der Waals surface area contributed by atoms with E-state index >= 15 is 0 Å². The van der Waals surface area contributed by atoms with Gasteiger partial charge in [-0.05, 0) is 26.4 Å². The van der Waals surface area contributed by atoms with Gasteiger partial charge in [0.25, 0.3) is 0 Å². The van der Waals surface area contributed by atoms with Crippen LogP contribution in [-0.4, -0.2) is 35.7 Å². The summed E-state index contributed by atoms with van der Waals surface area (Å²) in [5, 5.41) is 8.97. The van der Waals surface area contributed by atoms with Gasteiger partial charge >= 0.3 is 0 Å². The summed E-state index contributed by atoms with van der Waals surface area (Å²) in [7, 11) is 0. The Morgan fingerprint density at radius 2 is 1.73 bits per heavy atom. The Balaban J connectivity index is 0. The van der Waals surface area contributed by atoms with Gasteiger partial charge in [-0.2, -0.15) is 0 Å². The average Bonchev–Trinajstić information content (AvgIpc) is 1.90. The largest absolute Gasteiger partial charge is 0.393 e. The first kappa shape index (κ1) is 14.0. The van der Waals surface area contributed by atoms with Gasteiger partial charge in [0.05, 0.1) is 6.10 Å². The van der Waals surface area contributed by atoms with Crippen molar-refractivity contribution in [3.05, 3.63) is 0 Å². The molecule has 2 nitrogen and oxygen atoms in total. The molecule has 1 N–H and O–H groups in total. The van der Waals surface area contributed by atoms with Gasteiger partial charge in [-0.3, -0.25) is 0 Å². The molecule has 0 saturated carbocycles. The summed E-state index contributed by atoms with van der Waals surface area (Å²) in [4.78, 5) is 2.31. The Bertz CT molecular complexity index is 74.5. The fraction of sp³-hybridized carbons (Fsp3) is 1.00. The molecule has 70 valence electrons. The second-order valence-electron chi connectivity index (χ2n) is 2.66. The first-order valence-electron chi connectivity index (χ1n) is 4.11. The average molecular weight is 226 g/mol. The fourth-order valence-corrected chi connectivity index (χ4v) is 0.909. The van der Waals surface area contributed by atoms with Crippen LogP contribution in [0.25, 0.3) is 0 Å². The van der Waals surface area contributed by atoms with E-state index in [1.54, 1.807) is 0 Å². The summed E-state index contributed by atoms with van der Waals surface area (Å²) in [5.41, 5.74) is 0. The maximum atomic E-state index is 8.97. The molecule has 0 spiro atoms. The summed E-state index contributed by atoms with van der Waals surface area (Å²) < 4.78 is 0. The number of aliphatic hydroxyl groups excluding tert-OH is 1. The lowest BCUT2D eigenvalue weighted by atomic mass is 10.3. The zero-order chi connectivity index (χ0) is 7.98.